The number of para-hydroxylation sites is 2. The molecule has 3 rings (SSSR count). The summed E-state index contributed by atoms with van der Waals surface area (Å²) in [6, 6.07) is 14.4. The summed E-state index contributed by atoms with van der Waals surface area (Å²) >= 11 is 1.64. The summed E-state index contributed by atoms with van der Waals surface area (Å²) in [5.41, 5.74) is 2.17. The van der Waals surface area contributed by atoms with Crippen LogP contribution in [0.4, 0.5) is 0 Å². The zero-order valence-electron chi connectivity index (χ0n) is 14.4. The van der Waals surface area contributed by atoms with Crippen molar-refractivity contribution in [2.24, 2.45) is 0 Å². The van der Waals surface area contributed by atoms with Crippen LogP contribution in [0, 0.1) is 11.3 Å². The number of imidazole rings is 1. The van der Waals surface area contributed by atoms with E-state index in [4.69, 9.17) is 14.7 Å². The molecule has 0 amide bonds. The number of nitriles is 1. The summed E-state index contributed by atoms with van der Waals surface area (Å²) in [5, 5.41) is 8.96. The van der Waals surface area contributed by atoms with E-state index in [1.54, 1.807) is 23.9 Å². The predicted octanol–water partition coefficient (Wildman–Crippen LogP) is 3.39. The molecule has 0 unspecified atom stereocenters. The lowest BCUT2D eigenvalue weighted by atomic mass is 10.2. The van der Waals surface area contributed by atoms with E-state index in [-0.39, 0.29) is 12.3 Å². The van der Waals surface area contributed by atoms with Crippen LogP contribution in [0.25, 0.3) is 11.0 Å². The van der Waals surface area contributed by atoms with Crippen molar-refractivity contribution in [3.05, 3.63) is 53.9 Å². The van der Waals surface area contributed by atoms with Gasteiger partial charge in [0.1, 0.15) is 12.4 Å². The Bertz CT molecular complexity index is 991. The molecule has 6 nitrogen and oxygen atoms in total. The SMILES string of the molecule is COc1cc(C#N)ccc1OC(=O)Cn1c(CSC)nc2ccccc21. The zero-order valence-corrected chi connectivity index (χ0v) is 15.2. The highest BCUT2D eigenvalue weighted by Crippen LogP contribution is 2.28. The second kappa shape index (κ2) is 7.93. The van der Waals surface area contributed by atoms with Gasteiger partial charge in [0.25, 0.3) is 0 Å². The normalized spacial score (nSPS) is 10.5. The van der Waals surface area contributed by atoms with E-state index in [0.29, 0.717) is 17.1 Å². The van der Waals surface area contributed by atoms with Crippen molar-refractivity contribution in [1.82, 2.24) is 9.55 Å². The predicted molar refractivity (Wildman–Crippen MR) is 100 cm³/mol. The van der Waals surface area contributed by atoms with Crippen molar-refractivity contribution in [2.45, 2.75) is 12.3 Å². The minimum atomic E-state index is -0.432. The third-order valence-corrected chi connectivity index (χ3v) is 4.36. The van der Waals surface area contributed by atoms with Crippen LogP contribution in [0.15, 0.2) is 42.5 Å². The number of aromatic nitrogens is 2. The fourth-order valence-corrected chi connectivity index (χ4v) is 3.13. The summed E-state index contributed by atoms with van der Waals surface area (Å²) in [5.74, 6) is 1.72. The molecular formula is C19H17N3O3S. The molecule has 0 spiro atoms. The number of thioether (sulfide) groups is 1. The lowest BCUT2D eigenvalue weighted by Gasteiger charge is -2.11. The van der Waals surface area contributed by atoms with E-state index in [1.807, 2.05) is 41.2 Å². The lowest BCUT2D eigenvalue weighted by molar-refractivity contribution is -0.135. The van der Waals surface area contributed by atoms with Gasteiger partial charge in [0.15, 0.2) is 11.5 Å². The highest BCUT2D eigenvalue weighted by Gasteiger charge is 2.16. The minimum absolute atomic E-state index is 0.0412. The molecule has 3 aromatic rings. The van der Waals surface area contributed by atoms with Gasteiger partial charge in [-0.15, -0.1) is 0 Å². The van der Waals surface area contributed by atoms with Crippen molar-refractivity contribution in [3.63, 3.8) is 0 Å². The molecule has 132 valence electrons. The first kappa shape index (κ1) is 17.8. The van der Waals surface area contributed by atoms with Gasteiger partial charge in [0.05, 0.1) is 35.5 Å². The van der Waals surface area contributed by atoms with Gasteiger partial charge < -0.3 is 14.0 Å². The summed E-state index contributed by atoms with van der Waals surface area (Å²) in [4.78, 5) is 17.1. The van der Waals surface area contributed by atoms with Crippen LogP contribution in [0.2, 0.25) is 0 Å². The Balaban J connectivity index is 1.86. The van der Waals surface area contributed by atoms with Crippen LogP contribution in [0.3, 0.4) is 0 Å². The molecule has 26 heavy (non-hydrogen) atoms. The molecule has 0 saturated carbocycles. The van der Waals surface area contributed by atoms with Crippen LogP contribution < -0.4 is 9.47 Å². The van der Waals surface area contributed by atoms with Crippen molar-refractivity contribution >= 4 is 28.8 Å². The summed E-state index contributed by atoms with van der Waals surface area (Å²) in [6.07, 6.45) is 1.99. The highest BCUT2D eigenvalue weighted by atomic mass is 32.2. The molecule has 0 aliphatic heterocycles. The van der Waals surface area contributed by atoms with E-state index in [1.165, 1.54) is 13.2 Å². The lowest BCUT2D eigenvalue weighted by Crippen LogP contribution is -2.18. The third-order valence-electron chi connectivity index (χ3n) is 3.81. The molecule has 0 saturated heterocycles. The van der Waals surface area contributed by atoms with Gasteiger partial charge in [0, 0.05) is 6.07 Å². The standard InChI is InChI=1S/C19H17N3O3S/c1-24-17-9-13(10-20)7-8-16(17)25-19(23)11-22-15-6-4-3-5-14(15)21-18(22)12-26-2/h3-9H,11-12H2,1-2H3. The number of fused-ring (bicyclic) bond motifs is 1. The van der Waals surface area contributed by atoms with Gasteiger partial charge in [-0.1, -0.05) is 12.1 Å². The Morgan fingerprint density at radius 3 is 2.81 bits per heavy atom. The van der Waals surface area contributed by atoms with Crippen molar-refractivity contribution in [3.8, 4) is 17.6 Å². The Hall–Kier alpha value is -2.98. The molecule has 1 aromatic heterocycles. The van der Waals surface area contributed by atoms with E-state index >= 15 is 0 Å². The number of rotatable bonds is 6. The molecule has 0 radical (unpaired) electrons. The molecular weight excluding hydrogens is 350 g/mol. The number of carbonyl (C=O) groups is 1. The number of hydrogen-bond donors (Lipinski definition) is 0. The monoisotopic (exact) mass is 367 g/mol. The van der Waals surface area contributed by atoms with E-state index in [2.05, 4.69) is 4.98 Å². The van der Waals surface area contributed by atoms with E-state index in [9.17, 15) is 4.79 Å². The maximum Gasteiger partial charge on any atom is 0.331 e. The third kappa shape index (κ3) is 3.65. The average molecular weight is 367 g/mol. The molecule has 2 aromatic carbocycles. The van der Waals surface area contributed by atoms with Crippen LogP contribution in [-0.2, 0) is 17.1 Å². The largest absolute Gasteiger partial charge is 0.493 e. The molecule has 1 heterocycles. The van der Waals surface area contributed by atoms with Crippen LogP contribution in [-0.4, -0.2) is 28.9 Å². The number of benzene rings is 2. The Labute approximate surface area is 155 Å². The molecule has 0 atom stereocenters. The second-order valence-corrected chi connectivity index (χ2v) is 6.35. The Morgan fingerprint density at radius 2 is 2.08 bits per heavy atom. The first-order valence-electron chi connectivity index (χ1n) is 7.88. The van der Waals surface area contributed by atoms with Crippen molar-refractivity contribution < 1.29 is 14.3 Å². The summed E-state index contributed by atoms with van der Waals surface area (Å²) < 4.78 is 12.5. The van der Waals surface area contributed by atoms with Crippen LogP contribution >= 0.6 is 11.8 Å². The second-order valence-electron chi connectivity index (χ2n) is 5.49. The fourth-order valence-electron chi connectivity index (χ4n) is 2.65. The van der Waals surface area contributed by atoms with Gasteiger partial charge in [-0.05, 0) is 30.5 Å². The summed E-state index contributed by atoms with van der Waals surface area (Å²) in [6.45, 7) is 0.0412. The zero-order chi connectivity index (χ0) is 18.5. The van der Waals surface area contributed by atoms with Gasteiger partial charge in [0.2, 0.25) is 0 Å². The Kier molecular flexibility index (Phi) is 5.44. The number of esters is 1. The van der Waals surface area contributed by atoms with E-state index < -0.39 is 5.97 Å². The maximum absolute atomic E-state index is 12.5. The van der Waals surface area contributed by atoms with Crippen molar-refractivity contribution in [1.29, 1.82) is 5.26 Å². The number of nitrogens with zero attached hydrogens (tertiary/aromatic N) is 3. The minimum Gasteiger partial charge on any atom is -0.493 e. The number of ether oxygens (including phenoxy) is 2. The van der Waals surface area contributed by atoms with Gasteiger partial charge in [-0.2, -0.15) is 17.0 Å². The molecule has 0 aliphatic rings. The van der Waals surface area contributed by atoms with Crippen molar-refractivity contribution in [2.75, 3.05) is 13.4 Å². The smallest absolute Gasteiger partial charge is 0.331 e. The van der Waals surface area contributed by atoms with Gasteiger partial charge in [-0.25, -0.2) is 9.78 Å². The van der Waals surface area contributed by atoms with Gasteiger partial charge in [-0.3, -0.25) is 0 Å². The van der Waals surface area contributed by atoms with E-state index in [0.717, 1.165) is 16.9 Å². The Morgan fingerprint density at radius 1 is 1.27 bits per heavy atom. The first-order chi connectivity index (χ1) is 12.7. The van der Waals surface area contributed by atoms with Gasteiger partial charge >= 0.3 is 5.97 Å². The first-order valence-corrected chi connectivity index (χ1v) is 9.27. The average Bonchev–Trinajstić information content (AvgIpc) is 2.99. The molecule has 7 heteroatoms. The maximum atomic E-state index is 12.5. The molecule has 0 aliphatic carbocycles. The van der Waals surface area contributed by atoms with Crippen LogP contribution in [0.5, 0.6) is 11.5 Å². The quantitative estimate of drug-likeness (QED) is 0.491. The molecule has 0 fully saturated rings. The summed E-state index contributed by atoms with van der Waals surface area (Å²) in [7, 11) is 1.47. The highest BCUT2D eigenvalue weighted by molar-refractivity contribution is 7.97. The number of methoxy groups -OCH3 is 1. The van der Waals surface area contributed by atoms with Crippen LogP contribution in [0.1, 0.15) is 11.4 Å². The number of carbonyl (C=O) groups excluding carboxylic acids is 1. The molecule has 0 bridgehead atoms. The fraction of sp³-hybridized carbons (Fsp3) is 0.211. The topological polar surface area (TPSA) is 77.1 Å². The number of hydrogen-bond acceptors (Lipinski definition) is 6. The molecule has 0 N–H and O–H groups in total.